The molecule has 3 aromatic heterocycles. The number of para-hydroxylation sites is 3. The minimum absolute atomic E-state index is 0.727. The smallest absolute Gasteiger partial charge is 0.145 e. The number of hydrogen-bond donors (Lipinski definition) is 2. The van der Waals surface area contributed by atoms with Crippen molar-refractivity contribution in [2.75, 3.05) is 11.5 Å². The fourth-order valence-electron chi connectivity index (χ4n) is 7.84. The number of furan rings is 1. The third kappa shape index (κ3) is 3.65. The maximum absolute atomic E-state index is 6.91. The van der Waals surface area contributed by atoms with Gasteiger partial charge in [0, 0.05) is 44.2 Å². The van der Waals surface area contributed by atoms with Gasteiger partial charge in [0.1, 0.15) is 11.2 Å². The number of nitrogen functional groups attached to an aromatic ring is 2. The quantitative estimate of drug-likeness (QED) is 0.197. The van der Waals surface area contributed by atoms with Gasteiger partial charge in [-0.1, -0.05) is 66.7 Å². The zero-order chi connectivity index (χ0) is 31.2. The van der Waals surface area contributed by atoms with E-state index in [-0.39, 0.29) is 0 Å². The van der Waals surface area contributed by atoms with Crippen LogP contribution in [0.15, 0.2) is 132 Å². The minimum Gasteiger partial charge on any atom is -0.455 e. The lowest BCUT2D eigenvalue weighted by atomic mass is 9.99. The molecule has 5 nitrogen and oxygen atoms in total. The summed E-state index contributed by atoms with van der Waals surface area (Å²) in [4.78, 5) is 0. The molecule has 0 spiro atoms. The van der Waals surface area contributed by atoms with E-state index < -0.39 is 0 Å². The summed E-state index contributed by atoms with van der Waals surface area (Å²) in [6.07, 6.45) is 6.47. The average Bonchev–Trinajstić information content (AvgIpc) is 3.75. The van der Waals surface area contributed by atoms with Gasteiger partial charge in [0.25, 0.3) is 0 Å². The van der Waals surface area contributed by atoms with Crippen LogP contribution in [0.1, 0.15) is 17.7 Å². The molecule has 47 heavy (non-hydrogen) atoms. The number of anilines is 2. The highest BCUT2D eigenvalue weighted by Crippen LogP contribution is 2.44. The maximum atomic E-state index is 6.91. The van der Waals surface area contributed by atoms with E-state index in [2.05, 4.69) is 118 Å². The first kappa shape index (κ1) is 26.1. The molecule has 4 N–H and O–H groups in total. The van der Waals surface area contributed by atoms with Crippen LogP contribution in [-0.2, 0) is 6.42 Å². The minimum atomic E-state index is 0.727. The number of rotatable bonds is 3. The van der Waals surface area contributed by atoms with E-state index in [9.17, 15) is 0 Å². The summed E-state index contributed by atoms with van der Waals surface area (Å²) in [6.45, 7) is 0. The summed E-state index contributed by atoms with van der Waals surface area (Å²) >= 11 is 0. The Morgan fingerprint density at radius 1 is 0.617 bits per heavy atom. The molecule has 1 aliphatic rings. The first-order chi connectivity index (χ1) is 23.2. The molecular formula is C42H30N4O. The topological polar surface area (TPSA) is 75.0 Å². The number of nitrogens with zero attached hydrogens (tertiary/aromatic N) is 2. The Balaban J connectivity index is 1.29. The van der Waals surface area contributed by atoms with Gasteiger partial charge in [0.05, 0.1) is 33.3 Å². The molecule has 10 rings (SSSR count). The highest BCUT2D eigenvalue weighted by Gasteiger charge is 2.24. The Morgan fingerprint density at radius 2 is 1.45 bits per heavy atom. The molecule has 5 heteroatoms. The van der Waals surface area contributed by atoms with E-state index in [0.717, 1.165) is 96.0 Å². The summed E-state index contributed by atoms with van der Waals surface area (Å²) in [5.74, 6) is 0. The van der Waals surface area contributed by atoms with E-state index in [1.165, 1.54) is 16.6 Å². The van der Waals surface area contributed by atoms with E-state index >= 15 is 0 Å². The lowest BCUT2D eigenvalue weighted by Gasteiger charge is -2.19. The van der Waals surface area contributed by atoms with Gasteiger partial charge in [0.15, 0.2) is 0 Å². The van der Waals surface area contributed by atoms with Gasteiger partial charge in [-0.05, 0) is 90.7 Å². The van der Waals surface area contributed by atoms with Crippen molar-refractivity contribution < 1.29 is 4.42 Å². The summed E-state index contributed by atoms with van der Waals surface area (Å²) in [5.41, 5.74) is 26.6. The number of allylic oxidation sites excluding steroid dienone is 1. The highest BCUT2D eigenvalue weighted by molar-refractivity contribution is 6.24. The Kier molecular flexibility index (Phi) is 5.35. The van der Waals surface area contributed by atoms with Gasteiger partial charge in [-0.15, -0.1) is 0 Å². The van der Waals surface area contributed by atoms with E-state index in [1.54, 1.807) is 0 Å². The SMILES string of the molecule is Nc1ccc2c(c1)c1c(n2-c2c(N)cccc2-c2ccc3c4c5oc6ccccc6c5ccc4n(-c4ccccc4)c3c2)C=CCC1. The fourth-order valence-corrected chi connectivity index (χ4v) is 7.84. The molecule has 0 atom stereocenters. The van der Waals surface area contributed by atoms with Crippen molar-refractivity contribution in [3.05, 3.63) is 139 Å². The van der Waals surface area contributed by atoms with Gasteiger partial charge < -0.3 is 25.0 Å². The van der Waals surface area contributed by atoms with Crippen LogP contribution in [0.5, 0.6) is 0 Å². The van der Waals surface area contributed by atoms with Crippen LogP contribution in [0.3, 0.4) is 0 Å². The number of aromatic nitrogens is 2. The third-order valence-corrected chi connectivity index (χ3v) is 9.86. The normalized spacial score (nSPS) is 13.0. The average molecular weight is 607 g/mol. The van der Waals surface area contributed by atoms with Gasteiger partial charge in [-0.3, -0.25) is 0 Å². The van der Waals surface area contributed by atoms with Crippen LogP contribution in [0.4, 0.5) is 11.4 Å². The molecule has 0 saturated heterocycles. The van der Waals surface area contributed by atoms with Gasteiger partial charge in [0.2, 0.25) is 0 Å². The zero-order valence-electron chi connectivity index (χ0n) is 25.6. The van der Waals surface area contributed by atoms with E-state index in [0.29, 0.717) is 0 Å². The molecule has 3 heterocycles. The number of aryl methyl sites for hydroxylation is 1. The van der Waals surface area contributed by atoms with E-state index in [1.807, 2.05) is 24.3 Å². The van der Waals surface area contributed by atoms with Crippen molar-refractivity contribution in [2.24, 2.45) is 0 Å². The van der Waals surface area contributed by atoms with Crippen molar-refractivity contribution in [2.45, 2.75) is 12.8 Å². The largest absolute Gasteiger partial charge is 0.455 e. The van der Waals surface area contributed by atoms with Crippen LogP contribution < -0.4 is 11.5 Å². The molecule has 6 aromatic carbocycles. The standard InChI is InChI=1S/C42H30N4O/c43-26-18-21-36-33(24-26)29-11-4-6-15-35(29)46(36)41-28(13-8-14-34(41)44)25-17-19-32-38(23-25)45(27-9-2-1-3-10-27)37-22-20-31-30-12-5-7-16-39(30)47-42(31)40(32)37/h1-3,5-10,12-24H,4,11,43-44H2. The molecule has 0 aliphatic heterocycles. The van der Waals surface area contributed by atoms with Crippen LogP contribution in [0, 0.1) is 0 Å². The molecule has 0 bridgehead atoms. The molecule has 224 valence electrons. The summed E-state index contributed by atoms with van der Waals surface area (Å²) in [5, 5.41) is 5.70. The number of fused-ring (bicyclic) bond motifs is 10. The first-order valence-corrected chi connectivity index (χ1v) is 16.1. The van der Waals surface area contributed by atoms with Crippen molar-refractivity contribution in [3.8, 4) is 22.5 Å². The molecule has 0 radical (unpaired) electrons. The summed E-state index contributed by atoms with van der Waals surface area (Å²) < 4.78 is 11.3. The van der Waals surface area contributed by atoms with Crippen molar-refractivity contribution in [1.29, 1.82) is 0 Å². The second-order valence-corrected chi connectivity index (χ2v) is 12.5. The van der Waals surface area contributed by atoms with Crippen molar-refractivity contribution in [1.82, 2.24) is 9.13 Å². The molecule has 0 saturated carbocycles. The van der Waals surface area contributed by atoms with Crippen LogP contribution in [0.25, 0.3) is 83.2 Å². The van der Waals surface area contributed by atoms with Gasteiger partial charge in [-0.2, -0.15) is 0 Å². The number of hydrogen-bond acceptors (Lipinski definition) is 3. The predicted molar refractivity (Wildman–Crippen MR) is 197 cm³/mol. The third-order valence-electron chi connectivity index (χ3n) is 9.86. The lowest BCUT2D eigenvalue weighted by Crippen LogP contribution is -2.05. The van der Waals surface area contributed by atoms with Crippen molar-refractivity contribution in [3.63, 3.8) is 0 Å². The van der Waals surface area contributed by atoms with E-state index in [4.69, 9.17) is 15.9 Å². The zero-order valence-corrected chi connectivity index (χ0v) is 25.6. The summed E-state index contributed by atoms with van der Waals surface area (Å²) in [6, 6.07) is 42.5. The monoisotopic (exact) mass is 606 g/mol. The fraction of sp³-hybridized carbons (Fsp3) is 0.0476. The number of nitrogens with two attached hydrogens (primary N) is 2. The molecule has 9 aromatic rings. The predicted octanol–water partition coefficient (Wildman–Crippen LogP) is 10.4. The molecule has 1 aliphatic carbocycles. The summed E-state index contributed by atoms with van der Waals surface area (Å²) in [7, 11) is 0. The molecule has 0 amide bonds. The Bertz CT molecular complexity index is 2760. The van der Waals surface area contributed by atoms with Gasteiger partial charge >= 0.3 is 0 Å². The molecule has 0 fully saturated rings. The number of benzene rings is 6. The maximum Gasteiger partial charge on any atom is 0.145 e. The van der Waals surface area contributed by atoms with Crippen LogP contribution >= 0.6 is 0 Å². The Morgan fingerprint density at radius 3 is 2.36 bits per heavy atom. The molecule has 0 unspecified atom stereocenters. The Labute approximate surface area is 270 Å². The second kappa shape index (κ2) is 9.65. The Hall–Kier alpha value is -6.20. The molecular weight excluding hydrogens is 576 g/mol. The van der Waals surface area contributed by atoms with Crippen LogP contribution in [0.2, 0.25) is 0 Å². The lowest BCUT2D eigenvalue weighted by molar-refractivity contribution is 0.673. The first-order valence-electron chi connectivity index (χ1n) is 16.1. The van der Waals surface area contributed by atoms with Gasteiger partial charge in [-0.25, -0.2) is 0 Å². The van der Waals surface area contributed by atoms with Crippen LogP contribution in [-0.4, -0.2) is 9.13 Å². The highest BCUT2D eigenvalue weighted by atomic mass is 16.3. The second-order valence-electron chi connectivity index (χ2n) is 12.5. The van der Waals surface area contributed by atoms with Crippen molar-refractivity contribution >= 4 is 72.1 Å².